The molecule has 0 aliphatic heterocycles. The van der Waals surface area contributed by atoms with E-state index in [1.54, 1.807) is 58.0 Å². The minimum absolute atomic E-state index is 0.0843. The Kier molecular flexibility index (Phi) is 13.3. The third-order valence-electron chi connectivity index (χ3n) is 6.58. The molecule has 1 amide bonds. The smallest absolute Gasteiger partial charge is 0.421 e. The fraction of sp³-hybridized carbons (Fsp3) is 0.469. The van der Waals surface area contributed by atoms with E-state index in [2.05, 4.69) is 0 Å². The summed E-state index contributed by atoms with van der Waals surface area (Å²) in [5, 5.41) is 0. The first kappa shape index (κ1) is 36.1. The fourth-order valence-electron chi connectivity index (χ4n) is 4.35. The second-order valence-electron chi connectivity index (χ2n) is 11.2. The van der Waals surface area contributed by atoms with Crippen molar-refractivity contribution in [2.24, 2.45) is 5.41 Å². The Labute approximate surface area is 258 Å². The Morgan fingerprint density at radius 3 is 2.00 bits per heavy atom. The number of unbranched alkanes of at least 4 members (excludes halogenated alkanes) is 3. The molecule has 44 heavy (non-hydrogen) atoms. The van der Waals surface area contributed by atoms with Crippen molar-refractivity contribution in [3.63, 3.8) is 0 Å². The van der Waals surface area contributed by atoms with Crippen molar-refractivity contribution < 1.29 is 46.6 Å². The molecule has 1 N–H and O–H groups in total. The van der Waals surface area contributed by atoms with E-state index < -0.39 is 44.7 Å². The predicted molar refractivity (Wildman–Crippen MR) is 161 cm³/mol. The molecule has 2 aromatic carbocycles. The first-order valence-corrected chi connectivity index (χ1v) is 15.9. The van der Waals surface area contributed by atoms with Crippen molar-refractivity contribution in [3.05, 3.63) is 65.7 Å². The van der Waals surface area contributed by atoms with Gasteiger partial charge in [-0.1, -0.05) is 49.6 Å². The summed E-state index contributed by atoms with van der Waals surface area (Å²) in [6, 6.07) is 13.2. The number of carbonyl (C=O) groups excluding carboxylic acids is 5. The highest BCUT2D eigenvalue weighted by Gasteiger charge is 2.52. The minimum Gasteiger partial charge on any atom is -0.466 e. The maximum Gasteiger partial charge on any atom is 0.421 e. The van der Waals surface area contributed by atoms with Crippen LogP contribution in [0.25, 0.3) is 0 Å². The van der Waals surface area contributed by atoms with Gasteiger partial charge in [0.05, 0.1) is 11.5 Å². The number of ether oxygens (including phenoxy) is 3. The lowest BCUT2D eigenvalue weighted by molar-refractivity contribution is -0.167. The number of nitrogens with one attached hydrogen (secondary N) is 1. The Bertz CT molecular complexity index is 1410. The topological polar surface area (TPSA) is 159 Å². The Morgan fingerprint density at radius 1 is 0.818 bits per heavy atom. The minimum atomic E-state index is -4.36. The molecular weight excluding hydrogens is 590 g/mol. The van der Waals surface area contributed by atoms with E-state index in [1.165, 1.54) is 12.1 Å². The average Bonchev–Trinajstić information content (AvgIpc) is 2.95. The summed E-state index contributed by atoms with van der Waals surface area (Å²) in [6.07, 6.45) is 0.939. The quantitative estimate of drug-likeness (QED) is 0.0846. The van der Waals surface area contributed by atoms with Crippen molar-refractivity contribution >= 4 is 39.6 Å². The second kappa shape index (κ2) is 16.1. The number of esters is 2. The van der Waals surface area contributed by atoms with E-state index in [-0.39, 0.29) is 35.9 Å². The molecule has 12 heteroatoms. The molecule has 0 aliphatic carbocycles. The van der Waals surface area contributed by atoms with Crippen molar-refractivity contribution in [2.75, 3.05) is 6.61 Å². The largest absolute Gasteiger partial charge is 0.466 e. The van der Waals surface area contributed by atoms with Gasteiger partial charge >= 0.3 is 18.0 Å². The van der Waals surface area contributed by atoms with Crippen LogP contribution in [-0.2, 0) is 45.2 Å². The van der Waals surface area contributed by atoms with Gasteiger partial charge < -0.3 is 14.2 Å². The summed E-state index contributed by atoms with van der Waals surface area (Å²) in [4.78, 5) is 63.7. The van der Waals surface area contributed by atoms with Gasteiger partial charge in [0.2, 0.25) is 0 Å². The van der Waals surface area contributed by atoms with E-state index in [1.807, 2.05) is 4.72 Å². The number of hydrogen-bond acceptors (Lipinski definition) is 10. The molecule has 1 unspecified atom stereocenters. The van der Waals surface area contributed by atoms with Gasteiger partial charge in [-0.2, -0.15) is 0 Å². The van der Waals surface area contributed by atoms with Crippen LogP contribution in [0.5, 0.6) is 0 Å². The third-order valence-corrected chi connectivity index (χ3v) is 7.91. The van der Waals surface area contributed by atoms with Crippen LogP contribution in [0.2, 0.25) is 0 Å². The first-order valence-electron chi connectivity index (χ1n) is 14.4. The van der Waals surface area contributed by atoms with Gasteiger partial charge in [0.25, 0.3) is 10.0 Å². The summed E-state index contributed by atoms with van der Waals surface area (Å²) in [7, 11) is -4.36. The molecule has 0 aliphatic rings. The number of ketones is 2. The van der Waals surface area contributed by atoms with Crippen molar-refractivity contribution in [1.29, 1.82) is 0 Å². The van der Waals surface area contributed by atoms with E-state index in [9.17, 15) is 32.4 Å². The van der Waals surface area contributed by atoms with Gasteiger partial charge in [-0.05, 0) is 77.3 Å². The van der Waals surface area contributed by atoms with Crippen LogP contribution in [-0.4, -0.2) is 50.2 Å². The lowest BCUT2D eigenvalue weighted by Gasteiger charge is -2.31. The van der Waals surface area contributed by atoms with E-state index >= 15 is 0 Å². The highest BCUT2D eigenvalue weighted by atomic mass is 32.2. The molecule has 0 saturated heterocycles. The third kappa shape index (κ3) is 10.6. The summed E-state index contributed by atoms with van der Waals surface area (Å²) in [5.41, 5.74) is -2.57. The monoisotopic (exact) mass is 631 g/mol. The van der Waals surface area contributed by atoms with Crippen LogP contribution >= 0.6 is 0 Å². The second-order valence-corrected chi connectivity index (χ2v) is 12.9. The summed E-state index contributed by atoms with van der Waals surface area (Å²) < 4.78 is 42.7. The standard InChI is InChI=1S/C32H41NO10S/c1-6-41-27(35)16-12-7-8-13-21-32(23(2)34,29(37)43-31(3,4)5)28(36)25-17-19-26(20-18-25)44(39,40)33-30(38)42-22-24-14-10-9-11-15-24/h9-11,14-15,17-20H,6-8,12-13,16,21-22H2,1-5H3,(H,33,38). The number of benzene rings is 2. The normalized spacial score (nSPS) is 12.8. The molecule has 0 fully saturated rings. The van der Waals surface area contributed by atoms with Crippen LogP contribution < -0.4 is 4.72 Å². The van der Waals surface area contributed by atoms with Gasteiger partial charge in [-0.25, -0.2) is 17.9 Å². The van der Waals surface area contributed by atoms with Crippen LogP contribution in [0.3, 0.4) is 0 Å². The van der Waals surface area contributed by atoms with Crippen molar-refractivity contribution in [1.82, 2.24) is 4.72 Å². The molecule has 0 aromatic heterocycles. The van der Waals surface area contributed by atoms with Crippen molar-refractivity contribution in [2.45, 2.75) is 90.2 Å². The molecule has 0 spiro atoms. The Morgan fingerprint density at radius 2 is 1.43 bits per heavy atom. The number of rotatable bonds is 16. The molecule has 0 heterocycles. The Hall–Kier alpha value is -4.06. The van der Waals surface area contributed by atoms with Crippen LogP contribution in [0.4, 0.5) is 4.79 Å². The summed E-state index contributed by atoms with van der Waals surface area (Å²) in [5.74, 6) is -2.83. The SMILES string of the molecule is CCOC(=O)CCCCCCC(C(C)=O)(C(=O)OC(C)(C)C)C(=O)c1ccc(S(=O)(=O)NC(=O)OCc2ccccc2)cc1. The van der Waals surface area contributed by atoms with Crippen LogP contribution in [0, 0.1) is 5.41 Å². The van der Waals surface area contributed by atoms with Gasteiger partial charge in [-0.3, -0.25) is 19.2 Å². The zero-order chi connectivity index (χ0) is 33.0. The highest BCUT2D eigenvalue weighted by molar-refractivity contribution is 7.90. The number of amides is 1. The zero-order valence-electron chi connectivity index (χ0n) is 25.8. The maximum atomic E-state index is 13.9. The van der Waals surface area contributed by atoms with Gasteiger partial charge in [0.1, 0.15) is 12.2 Å². The number of hydrogen-bond donors (Lipinski definition) is 1. The molecule has 2 rings (SSSR count). The van der Waals surface area contributed by atoms with E-state index in [0.717, 1.165) is 19.1 Å². The zero-order valence-corrected chi connectivity index (χ0v) is 26.7. The molecular formula is C32H41NO10S. The van der Waals surface area contributed by atoms with Gasteiger partial charge in [0, 0.05) is 12.0 Å². The first-order chi connectivity index (χ1) is 20.6. The van der Waals surface area contributed by atoms with E-state index in [4.69, 9.17) is 14.2 Å². The molecule has 11 nitrogen and oxygen atoms in total. The molecule has 240 valence electrons. The highest BCUT2D eigenvalue weighted by Crippen LogP contribution is 2.35. The van der Waals surface area contributed by atoms with Crippen molar-refractivity contribution in [3.8, 4) is 0 Å². The summed E-state index contributed by atoms with van der Waals surface area (Å²) >= 11 is 0. The fourth-order valence-corrected chi connectivity index (χ4v) is 5.24. The van der Waals surface area contributed by atoms with Crippen LogP contribution in [0.15, 0.2) is 59.5 Å². The maximum absolute atomic E-state index is 13.9. The molecule has 1 atom stereocenters. The molecule has 0 saturated carbocycles. The lowest BCUT2D eigenvalue weighted by atomic mass is 9.73. The van der Waals surface area contributed by atoms with E-state index in [0.29, 0.717) is 37.9 Å². The Balaban J connectivity index is 2.21. The van der Waals surface area contributed by atoms with Crippen LogP contribution in [0.1, 0.15) is 89.1 Å². The summed E-state index contributed by atoms with van der Waals surface area (Å²) in [6.45, 7) is 7.88. The molecule has 0 radical (unpaired) electrons. The van der Waals surface area contributed by atoms with Gasteiger partial charge in [0.15, 0.2) is 17.0 Å². The van der Waals surface area contributed by atoms with Gasteiger partial charge in [-0.15, -0.1) is 0 Å². The number of Topliss-reactive ketones (excluding diaryl/α,β-unsaturated/α-hetero) is 2. The molecule has 2 aromatic rings. The average molecular weight is 632 g/mol. The molecule has 0 bridgehead atoms. The number of carbonyl (C=O) groups is 5. The predicted octanol–water partition coefficient (Wildman–Crippen LogP) is 5.31. The lowest BCUT2D eigenvalue weighted by Crippen LogP contribution is -2.48. The number of sulfonamides is 1.